The molecule has 0 spiro atoms. The van der Waals surface area contributed by atoms with Crippen LogP contribution in [0.3, 0.4) is 0 Å². The minimum atomic E-state index is -4.66. The Morgan fingerprint density at radius 1 is 1.03 bits per heavy atom. The van der Waals surface area contributed by atoms with Crippen LogP contribution in [-0.2, 0) is 14.8 Å². The van der Waals surface area contributed by atoms with E-state index in [0.717, 1.165) is 17.0 Å². The van der Waals surface area contributed by atoms with E-state index in [0.29, 0.717) is 30.4 Å². The van der Waals surface area contributed by atoms with Gasteiger partial charge < -0.3 is 14.8 Å². The number of carbonyl (C=O) groups is 1. The van der Waals surface area contributed by atoms with Crippen molar-refractivity contribution >= 4 is 33.4 Å². The van der Waals surface area contributed by atoms with E-state index < -0.39 is 22.7 Å². The fraction of sp³-hybridized carbons (Fsp3) is 0.278. The maximum absolute atomic E-state index is 12.2. The number of rotatable bonds is 7. The van der Waals surface area contributed by atoms with Gasteiger partial charge in [0.25, 0.3) is 0 Å². The molecule has 0 saturated carbocycles. The summed E-state index contributed by atoms with van der Waals surface area (Å²) < 4.78 is 72.7. The van der Waals surface area contributed by atoms with Gasteiger partial charge in [-0.25, -0.2) is 13.1 Å². The van der Waals surface area contributed by atoms with Crippen LogP contribution in [0.5, 0.6) is 11.5 Å². The summed E-state index contributed by atoms with van der Waals surface area (Å²) in [6, 6.07) is 10.2. The largest absolute Gasteiger partial charge is 0.486 e. The number of alkyl halides is 3. The Hall–Kier alpha value is -2.44. The molecular formula is C18H17F3N2O5S2. The van der Waals surface area contributed by atoms with Crippen molar-refractivity contribution in [2.45, 2.75) is 16.0 Å². The maximum atomic E-state index is 12.2. The lowest BCUT2D eigenvalue weighted by molar-refractivity contribution is -0.121. The number of anilines is 1. The highest BCUT2D eigenvalue weighted by atomic mass is 32.2. The van der Waals surface area contributed by atoms with Crippen LogP contribution in [0.4, 0.5) is 18.9 Å². The number of sulfonamides is 1. The first kappa shape index (κ1) is 22.2. The van der Waals surface area contributed by atoms with Crippen LogP contribution < -0.4 is 19.5 Å². The van der Waals surface area contributed by atoms with E-state index in [1.807, 2.05) is 0 Å². The highest BCUT2D eigenvalue weighted by Crippen LogP contribution is 2.34. The van der Waals surface area contributed by atoms with Crippen LogP contribution in [0.2, 0.25) is 0 Å². The SMILES string of the molecule is O=C(CSc1ccc2c(c1)OCCO2)Nc1ccc(S(=O)(=O)NCC(F)(F)F)cc1. The zero-order valence-electron chi connectivity index (χ0n) is 15.4. The quantitative estimate of drug-likeness (QED) is 0.615. The molecule has 1 heterocycles. The summed E-state index contributed by atoms with van der Waals surface area (Å²) in [4.78, 5) is 12.6. The van der Waals surface area contributed by atoms with E-state index in [4.69, 9.17) is 9.47 Å². The predicted octanol–water partition coefficient (Wildman–Crippen LogP) is 3.03. The normalized spacial score (nSPS) is 13.7. The molecule has 0 atom stereocenters. The summed E-state index contributed by atoms with van der Waals surface area (Å²) in [6.45, 7) is -0.718. The molecule has 0 unspecified atom stereocenters. The number of ether oxygens (including phenoxy) is 2. The van der Waals surface area contributed by atoms with Crippen molar-refractivity contribution in [3.8, 4) is 11.5 Å². The van der Waals surface area contributed by atoms with E-state index in [1.165, 1.54) is 28.6 Å². The van der Waals surface area contributed by atoms with Crippen LogP contribution in [0.15, 0.2) is 52.3 Å². The van der Waals surface area contributed by atoms with E-state index in [1.54, 1.807) is 18.2 Å². The minimum Gasteiger partial charge on any atom is -0.486 e. The van der Waals surface area contributed by atoms with E-state index in [2.05, 4.69) is 5.32 Å². The highest BCUT2D eigenvalue weighted by molar-refractivity contribution is 8.00. The highest BCUT2D eigenvalue weighted by Gasteiger charge is 2.30. The fourth-order valence-electron chi connectivity index (χ4n) is 2.44. The van der Waals surface area contributed by atoms with Gasteiger partial charge in [-0.2, -0.15) is 13.2 Å². The number of benzene rings is 2. The molecule has 0 aromatic heterocycles. The number of hydrogen-bond donors (Lipinski definition) is 2. The van der Waals surface area contributed by atoms with Gasteiger partial charge in [0.1, 0.15) is 19.8 Å². The molecule has 0 radical (unpaired) electrons. The van der Waals surface area contributed by atoms with Gasteiger partial charge in [0.2, 0.25) is 15.9 Å². The molecule has 0 bridgehead atoms. The monoisotopic (exact) mass is 462 g/mol. The molecule has 0 aliphatic carbocycles. The third-order valence-electron chi connectivity index (χ3n) is 3.79. The standard InChI is InChI=1S/C18H17F3N2O5S2/c19-18(20,21)11-22-30(25,26)14-4-1-12(2-5-14)23-17(24)10-29-13-3-6-15-16(9-13)28-8-7-27-15/h1-6,9,22H,7-8,10-11H2,(H,23,24). The Labute approximate surface area is 175 Å². The van der Waals surface area contributed by atoms with Crippen molar-refractivity contribution in [3.63, 3.8) is 0 Å². The summed E-state index contributed by atoms with van der Waals surface area (Å²) in [6.07, 6.45) is -4.66. The molecule has 30 heavy (non-hydrogen) atoms. The van der Waals surface area contributed by atoms with Gasteiger partial charge in [0, 0.05) is 10.6 Å². The van der Waals surface area contributed by atoms with Crippen LogP contribution >= 0.6 is 11.8 Å². The molecule has 3 rings (SSSR count). The van der Waals surface area contributed by atoms with Crippen molar-refractivity contribution in [3.05, 3.63) is 42.5 Å². The lowest BCUT2D eigenvalue weighted by atomic mass is 10.3. The molecule has 1 amide bonds. The van der Waals surface area contributed by atoms with Gasteiger partial charge >= 0.3 is 6.18 Å². The predicted molar refractivity (Wildman–Crippen MR) is 104 cm³/mol. The van der Waals surface area contributed by atoms with Gasteiger partial charge in [0.15, 0.2) is 11.5 Å². The topological polar surface area (TPSA) is 93.7 Å². The van der Waals surface area contributed by atoms with Crippen LogP contribution in [0.25, 0.3) is 0 Å². The van der Waals surface area contributed by atoms with E-state index >= 15 is 0 Å². The number of nitrogens with one attached hydrogen (secondary N) is 2. The number of amides is 1. The molecule has 2 aromatic rings. The molecule has 12 heteroatoms. The van der Waals surface area contributed by atoms with Crippen LogP contribution in [0.1, 0.15) is 0 Å². The first-order valence-corrected chi connectivity index (χ1v) is 11.1. The number of hydrogen-bond acceptors (Lipinski definition) is 6. The molecule has 162 valence electrons. The van der Waals surface area contributed by atoms with Crippen molar-refractivity contribution in [1.29, 1.82) is 0 Å². The zero-order valence-corrected chi connectivity index (χ0v) is 17.0. The van der Waals surface area contributed by atoms with Crippen molar-refractivity contribution in [2.24, 2.45) is 0 Å². The summed E-state index contributed by atoms with van der Waals surface area (Å²) in [5.74, 6) is 1.02. The second-order valence-corrected chi connectivity index (χ2v) is 8.92. The van der Waals surface area contributed by atoms with E-state index in [-0.39, 0.29) is 16.6 Å². The third-order valence-corrected chi connectivity index (χ3v) is 6.21. The van der Waals surface area contributed by atoms with E-state index in [9.17, 15) is 26.4 Å². The average molecular weight is 462 g/mol. The zero-order chi connectivity index (χ0) is 21.8. The van der Waals surface area contributed by atoms with Gasteiger partial charge in [0.05, 0.1) is 10.6 Å². The molecule has 7 nitrogen and oxygen atoms in total. The molecule has 2 N–H and O–H groups in total. The molecule has 1 aliphatic rings. The lowest BCUT2D eigenvalue weighted by Crippen LogP contribution is -2.33. The summed E-state index contributed by atoms with van der Waals surface area (Å²) in [5, 5.41) is 2.60. The molecule has 0 fully saturated rings. The maximum Gasteiger partial charge on any atom is 0.402 e. The Kier molecular flexibility index (Phi) is 6.78. The molecular weight excluding hydrogens is 445 g/mol. The van der Waals surface area contributed by atoms with Crippen LogP contribution in [-0.4, -0.2) is 46.0 Å². The molecule has 0 saturated heterocycles. The first-order valence-electron chi connectivity index (χ1n) is 8.61. The molecule has 2 aromatic carbocycles. The second kappa shape index (κ2) is 9.14. The smallest absolute Gasteiger partial charge is 0.402 e. The van der Waals surface area contributed by atoms with Crippen LogP contribution in [0, 0.1) is 0 Å². The number of thioether (sulfide) groups is 1. The summed E-state index contributed by atoms with van der Waals surface area (Å²) >= 11 is 1.28. The second-order valence-electron chi connectivity index (χ2n) is 6.11. The van der Waals surface area contributed by atoms with Crippen molar-refractivity contribution in [2.75, 3.05) is 30.8 Å². The number of halogens is 3. The van der Waals surface area contributed by atoms with Gasteiger partial charge in [-0.3, -0.25) is 4.79 Å². The fourth-order valence-corrected chi connectivity index (χ4v) is 4.18. The Bertz CT molecular complexity index is 1010. The average Bonchev–Trinajstić information content (AvgIpc) is 2.71. The Morgan fingerprint density at radius 2 is 1.70 bits per heavy atom. The third kappa shape index (κ3) is 6.28. The van der Waals surface area contributed by atoms with Gasteiger partial charge in [-0.15, -0.1) is 11.8 Å². The van der Waals surface area contributed by atoms with Gasteiger partial charge in [-0.1, -0.05) is 0 Å². The summed E-state index contributed by atoms with van der Waals surface area (Å²) in [5.41, 5.74) is 0.317. The number of carbonyl (C=O) groups excluding carboxylic acids is 1. The number of fused-ring (bicyclic) bond motifs is 1. The summed E-state index contributed by atoms with van der Waals surface area (Å²) in [7, 11) is -4.30. The Morgan fingerprint density at radius 3 is 2.37 bits per heavy atom. The first-order chi connectivity index (χ1) is 14.1. The Balaban J connectivity index is 1.53. The van der Waals surface area contributed by atoms with Crippen molar-refractivity contribution < 1.29 is 35.9 Å². The minimum absolute atomic E-state index is 0.0901. The lowest BCUT2D eigenvalue weighted by Gasteiger charge is -2.18. The van der Waals surface area contributed by atoms with Crippen molar-refractivity contribution in [1.82, 2.24) is 4.72 Å². The molecule has 1 aliphatic heterocycles. The van der Waals surface area contributed by atoms with Gasteiger partial charge in [-0.05, 0) is 42.5 Å².